The maximum atomic E-state index is 12.2. The number of oxazole rings is 1. The first-order valence-electron chi connectivity index (χ1n) is 8.70. The smallest absolute Gasteiger partial charge is 0.302 e. The number of amides is 1. The molecule has 4 rings (SSSR count). The molecule has 4 aromatic rings. The number of aliphatic hydroxyl groups is 1. The van der Waals surface area contributed by atoms with Crippen molar-refractivity contribution >= 4 is 40.0 Å². The fourth-order valence-electron chi connectivity index (χ4n) is 2.76. The van der Waals surface area contributed by atoms with E-state index < -0.39 is 12.0 Å². The summed E-state index contributed by atoms with van der Waals surface area (Å²) < 4.78 is 7.51. The van der Waals surface area contributed by atoms with Crippen LogP contribution in [0.1, 0.15) is 17.3 Å². The number of anilines is 2. The Morgan fingerprint density at radius 1 is 1.25 bits per heavy atom. The Kier molecular flexibility index (Phi) is 4.68. The van der Waals surface area contributed by atoms with Gasteiger partial charge in [0.25, 0.3) is 5.91 Å². The summed E-state index contributed by atoms with van der Waals surface area (Å²) in [5.41, 5.74) is 5.58. The fraction of sp³-hybridized carbons (Fsp3) is 0.211. The highest BCUT2D eigenvalue weighted by Gasteiger charge is 2.14. The third-order valence-corrected chi connectivity index (χ3v) is 4.15. The molecule has 3 N–H and O–H groups in total. The van der Waals surface area contributed by atoms with Crippen molar-refractivity contribution in [3.8, 4) is 0 Å². The molecule has 1 atom stereocenters. The Bertz CT molecular complexity index is 1110. The number of hydrogen-bond acceptors (Lipinski definition) is 7. The maximum Gasteiger partial charge on any atom is 0.302 e. The summed E-state index contributed by atoms with van der Waals surface area (Å²) in [6.45, 7) is 1.58. The second-order valence-electron chi connectivity index (χ2n) is 6.40. The Morgan fingerprint density at radius 2 is 2.07 bits per heavy atom. The van der Waals surface area contributed by atoms with Gasteiger partial charge in [-0.2, -0.15) is 4.98 Å². The Hall–Kier alpha value is -3.43. The predicted octanol–water partition coefficient (Wildman–Crippen LogP) is 2.50. The van der Waals surface area contributed by atoms with Crippen molar-refractivity contribution in [2.75, 3.05) is 11.9 Å². The molecule has 0 fully saturated rings. The van der Waals surface area contributed by atoms with E-state index in [1.807, 2.05) is 35.9 Å². The maximum absolute atomic E-state index is 12.2. The minimum atomic E-state index is -0.668. The molecule has 0 bridgehead atoms. The van der Waals surface area contributed by atoms with Crippen LogP contribution < -0.4 is 10.8 Å². The molecule has 2 aromatic carbocycles. The van der Waals surface area contributed by atoms with Gasteiger partial charge >= 0.3 is 6.01 Å². The average molecular weight is 381 g/mol. The number of para-hydroxylation sites is 2. The third-order valence-electron chi connectivity index (χ3n) is 4.15. The van der Waals surface area contributed by atoms with E-state index in [0.29, 0.717) is 28.6 Å². The Balaban J connectivity index is 1.56. The van der Waals surface area contributed by atoms with Gasteiger partial charge in [-0.15, -0.1) is 0 Å². The van der Waals surface area contributed by atoms with Crippen LogP contribution in [-0.4, -0.2) is 38.3 Å². The molecular weight excluding hydrogens is 362 g/mol. The first-order valence-corrected chi connectivity index (χ1v) is 8.70. The van der Waals surface area contributed by atoms with E-state index >= 15 is 0 Å². The topological polar surface area (TPSA) is 114 Å². The number of rotatable bonds is 6. The SMILES string of the molecule is CC(O)CONC(=O)c1ccc2c(c1)nc(Nc1nc3ccccc3o1)n2C. The molecule has 1 unspecified atom stereocenters. The lowest BCUT2D eigenvalue weighted by molar-refractivity contribution is -0.00686. The van der Waals surface area contributed by atoms with E-state index in [4.69, 9.17) is 14.4 Å². The second-order valence-corrected chi connectivity index (χ2v) is 6.40. The van der Waals surface area contributed by atoms with E-state index in [0.717, 1.165) is 11.0 Å². The number of carbonyl (C=O) groups is 1. The summed E-state index contributed by atoms with van der Waals surface area (Å²) in [6.07, 6.45) is -0.668. The highest BCUT2D eigenvalue weighted by atomic mass is 16.7. The number of aliphatic hydroxyl groups excluding tert-OH is 1. The molecule has 2 aromatic heterocycles. The number of aromatic nitrogens is 3. The molecule has 0 aliphatic carbocycles. The van der Waals surface area contributed by atoms with E-state index in [1.165, 1.54) is 0 Å². The van der Waals surface area contributed by atoms with Crippen LogP contribution in [0.4, 0.5) is 12.0 Å². The average Bonchev–Trinajstić information content (AvgIpc) is 3.22. The summed E-state index contributed by atoms with van der Waals surface area (Å²) in [6, 6.07) is 12.9. The minimum absolute atomic E-state index is 0.0101. The molecule has 9 nitrogen and oxygen atoms in total. The molecule has 0 aliphatic heterocycles. The summed E-state index contributed by atoms with van der Waals surface area (Å²) in [5.74, 6) is 0.117. The molecule has 9 heteroatoms. The summed E-state index contributed by atoms with van der Waals surface area (Å²) in [5, 5.41) is 12.2. The first-order chi connectivity index (χ1) is 13.5. The van der Waals surface area contributed by atoms with Gasteiger partial charge in [0.1, 0.15) is 12.1 Å². The highest BCUT2D eigenvalue weighted by molar-refractivity contribution is 5.97. The number of fused-ring (bicyclic) bond motifs is 2. The number of carbonyl (C=O) groups excluding carboxylic acids is 1. The molecule has 0 aliphatic rings. The molecule has 0 saturated heterocycles. The van der Waals surface area contributed by atoms with Crippen molar-refractivity contribution in [2.24, 2.45) is 7.05 Å². The second kappa shape index (κ2) is 7.29. The van der Waals surface area contributed by atoms with Crippen molar-refractivity contribution in [2.45, 2.75) is 13.0 Å². The molecule has 0 radical (unpaired) electrons. The molecular formula is C19H19N5O4. The largest absolute Gasteiger partial charge is 0.423 e. The quantitative estimate of drug-likeness (QED) is 0.440. The van der Waals surface area contributed by atoms with Gasteiger partial charge in [-0.25, -0.2) is 10.5 Å². The standard InChI is InChI=1S/C19H19N5O4/c1-11(25)10-27-23-17(26)12-7-8-15-14(9-12)20-18(24(15)2)22-19-21-13-5-3-4-6-16(13)28-19/h3-9,11,25H,10H2,1-2H3,(H,23,26)(H,20,21,22). The minimum Gasteiger partial charge on any atom is -0.423 e. The van der Waals surface area contributed by atoms with Crippen LogP contribution in [0, 0.1) is 0 Å². The van der Waals surface area contributed by atoms with Crippen molar-refractivity contribution in [3.05, 3.63) is 48.0 Å². The van der Waals surface area contributed by atoms with Crippen LogP contribution in [0.15, 0.2) is 46.9 Å². The summed E-state index contributed by atoms with van der Waals surface area (Å²) in [4.78, 5) is 26.0. The Morgan fingerprint density at radius 3 is 2.86 bits per heavy atom. The number of hydroxylamine groups is 1. The lowest BCUT2D eigenvalue weighted by Gasteiger charge is -2.07. The zero-order valence-corrected chi connectivity index (χ0v) is 15.3. The molecule has 144 valence electrons. The molecule has 2 heterocycles. The van der Waals surface area contributed by atoms with E-state index in [2.05, 4.69) is 20.8 Å². The summed E-state index contributed by atoms with van der Waals surface area (Å²) in [7, 11) is 1.85. The van der Waals surface area contributed by atoms with Crippen molar-refractivity contribution in [1.29, 1.82) is 0 Å². The van der Waals surface area contributed by atoms with Gasteiger partial charge in [-0.1, -0.05) is 12.1 Å². The number of hydrogen-bond donors (Lipinski definition) is 3. The van der Waals surface area contributed by atoms with Gasteiger partial charge in [0, 0.05) is 12.6 Å². The predicted molar refractivity (Wildman–Crippen MR) is 103 cm³/mol. The van der Waals surface area contributed by atoms with Crippen LogP contribution in [0.2, 0.25) is 0 Å². The van der Waals surface area contributed by atoms with Crippen LogP contribution in [0.5, 0.6) is 0 Å². The first kappa shape index (κ1) is 18.0. The zero-order valence-electron chi connectivity index (χ0n) is 15.3. The zero-order chi connectivity index (χ0) is 19.7. The van der Waals surface area contributed by atoms with Crippen LogP contribution >= 0.6 is 0 Å². The number of benzene rings is 2. The number of aryl methyl sites for hydroxylation is 1. The molecule has 28 heavy (non-hydrogen) atoms. The number of nitrogens with one attached hydrogen (secondary N) is 2. The van der Waals surface area contributed by atoms with Gasteiger partial charge in [0.05, 0.1) is 17.1 Å². The molecule has 1 amide bonds. The van der Waals surface area contributed by atoms with Crippen LogP contribution in [0.25, 0.3) is 22.1 Å². The number of imidazole rings is 1. The van der Waals surface area contributed by atoms with Crippen molar-refractivity contribution < 1.29 is 19.2 Å². The van der Waals surface area contributed by atoms with E-state index in [-0.39, 0.29) is 6.61 Å². The third kappa shape index (κ3) is 3.53. The van der Waals surface area contributed by atoms with Gasteiger partial charge in [-0.05, 0) is 37.3 Å². The van der Waals surface area contributed by atoms with Gasteiger partial charge < -0.3 is 14.1 Å². The molecule has 0 spiro atoms. The lowest BCUT2D eigenvalue weighted by atomic mass is 10.2. The fourth-order valence-corrected chi connectivity index (χ4v) is 2.76. The van der Waals surface area contributed by atoms with Crippen LogP contribution in [-0.2, 0) is 11.9 Å². The highest BCUT2D eigenvalue weighted by Crippen LogP contribution is 2.24. The number of nitrogens with zero attached hydrogens (tertiary/aromatic N) is 3. The van der Waals surface area contributed by atoms with Gasteiger partial charge in [0.2, 0.25) is 5.95 Å². The summed E-state index contributed by atoms with van der Waals surface area (Å²) >= 11 is 0. The van der Waals surface area contributed by atoms with Gasteiger partial charge in [0.15, 0.2) is 5.58 Å². The Labute approximate surface area is 159 Å². The van der Waals surface area contributed by atoms with Crippen molar-refractivity contribution in [1.82, 2.24) is 20.0 Å². The molecule has 0 saturated carbocycles. The van der Waals surface area contributed by atoms with E-state index in [9.17, 15) is 4.79 Å². The van der Waals surface area contributed by atoms with Crippen molar-refractivity contribution in [3.63, 3.8) is 0 Å². The van der Waals surface area contributed by atoms with Gasteiger partial charge in [-0.3, -0.25) is 14.9 Å². The lowest BCUT2D eigenvalue weighted by Crippen LogP contribution is -2.27. The normalized spacial score (nSPS) is 12.4. The van der Waals surface area contributed by atoms with Crippen LogP contribution in [0.3, 0.4) is 0 Å². The van der Waals surface area contributed by atoms with E-state index in [1.54, 1.807) is 25.1 Å². The monoisotopic (exact) mass is 381 g/mol.